The van der Waals surface area contributed by atoms with Crippen LogP contribution >= 0.6 is 0 Å². The molecule has 0 amide bonds. The van der Waals surface area contributed by atoms with Crippen molar-refractivity contribution in [2.24, 2.45) is 0 Å². The molecule has 0 atom stereocenters. The van der Waals surface area contributed by atoms with E-state index in [0.29, 0.717) is 11.1 Å². The lowest BCUT2D eigenvalue weighted by molar-refractivity contribution is 0.351. The molecule has 0 saturated heterocycles. The standard InChI is InChI=1S/C15H14O5/c1-20-14-8-10(7-13(18)15(14)19)3-2-9-4-5-11(16)12(17)6-9/h2-8,16-19H,1H3/b3-2-. The Morgan fingerprint density at radius 3 is 2.10 bits per heavy atom. The van der Waals surface area contributed by atoms with E-state index in [2.05, 4.69) is 0 Å². The van der Waals surface area contributed by atoms with E-state index >= 15 is 0 Å². The highest BCUT2D eigenvalue weighted by molar-refractivity contribution is 5.73. The molecule has 0 fully saturated rings. The van der Waals surface area contributed by atoms with Crippen molar-refractivity contribution in [2.45, 2.75) is 0 Å². The molecule has 2 rings (SSSR count). The quantitative estimate of drug-likeness (QED) is 0.510. The van der Waals surface area contributed by atoms with Crippen LogP contribution in [0, 0.1) is 0 Å². The maximum atomic E-state index is 9.55. The number of phenols is 4. The molecule has 2 aromatic rings. The van der Waals surface area contributed by atoms with Gasteiger partial charge >= 0.3 is 0 Å². The second kappa shape index (κ2) is 5.44. The van der Waals surface area contributed by atoms with Crippen LogP contribution in [0.15, 0.2) is 30.3 Å². The number of hydrogen-bond donors (Lipinski definition) is 4. The fraction of sp³-hybridized carbons (Fsp3) is 0.0667. The predicted molar refractivity (Wildman–Crippen MR) is 75.0 cm³/mol. The first kappa shape index (κ1) is 13.6. The van der Waals surface area contributed by atoms with Crippen molar-refractivity contribution >= 4 is 12.2 Å². The molecule has 0 radical (unpaired) electrons. The summed E-state index contributed by atoms with van der Waals surface area (Å²) in [6, 6.07) is 7.36. The summed E-state index contributed by atoms with van der Waals surface area (Å²) in [6.07, 6.45) is 3.36. The van der Waals surface area contributed by atoms with Crippen LogP contribution < -0.4 is 4.74 Å². The second-order valence-electron chi connectivity index (χ2n) is 4.17. The zero-order valence-corrected chi connectivity index (χ0v) is 10.7. The smallest absolute Gasteiger partial charge is 0.200 e. The average molecular weight is 274 g/mol. The molecule has 0 bridgehead atoms. The second-order valence-corrected chi connectivity index (χ2v) is 4.17. The minimum atomic E-state index is -0.313. The van der Waals surface area contributed by atoms with Crippen molar-refractivity contribution in [1.82, 2.24) is 0 Å². The van der Waals surface area contributed by atoms with E-state index < -0.39 is 0 Å². The van der Waals surface area contributed by atoms with Crippen molar-refractivity contribution in [3.63, 3.8) is 0 Å². The molecule has 0 spiro atoms. The molecular formula is C15H14O5. The van der Waals surface area contributed by atoms with Crippen molar-refractivity contribution in [2.75, 3.05) is 7.11 Å². The van der Waals surface area contributed by atoms with Gasteiger partial charge in [-0.25, -0.2) is 0 Å². The van der Waals surface area contributed by atoms with Gasteiger partial charge in [0.1, 0.15) is 0 Å². The summed E-state index contributed by atoms with van der Waals surface area (Å²) in [5.74, 6) is -0.827. The highest BCUT2D eigenvalue weighted by atomic mass is 16.5. The monoisotopic (exact) mass is 274 g/mol. The van der Waals surface area contributed by atoms with E-state index in [9.17, 15) is 20.4 Å². The largest absolute Gasteiger partial charge is 0.504 e. The van der Waals surface area contributed by atoms with Crippen LogP contribution in [0.2, 0.25) is 0 Å². The zero-order valence-electron chi connectivity index (χ0n) is 10.7. The van der Waals surface area contributed by atoms with Crippen LogP contribution in [0.4, 0.5) is 0 Å². The van der Waals surface area contributed by atoms with E-state index in [1.807, 2.05) is 0 Å². The van der Waals surface area contributed by atoms with Gasteiger partial charge in [0.25, 0.3) is 0 Å². The number of hydrogen-bond acceptors (Lipinski definition) is 5. The zero-order chi connectivity index (χ0) is 14.7. The highest BCUT2D eigenvalue weighted by Crippen LogP contribution is 2.36. The number of rotatable bonds is 3. The predicted octanol–water partition coefficient (Wildman–Crippen LogP) is 2.69. The van der Waals surface area contributed by atoms with Crippen LogP contribution in [0.1, 0.15) is 11.1 Å². The summed E-state index contributed by atoms with van der Waals surface area (Å²) in [6.45, 7) is 0. The van der Waals surface area contributed by atoms with Gasteiger partial charge in [0.05, 0.1) is 7.11 Å². The Bertz CT molecular complexity index is 662. The summed E-state index contributed by atoms with van der Waals surface area (Å²) in [7, 11) is 1.39. The van der Waals surface area contributed by atoms with E-state index in [1.54, 1.807) is 24.3 Å². The van der Waals surface area contributed by atoms with E-state index in [-0.39, 0.29) is 28.7 Å². The van der Waals surface area contributed by atoms with Crippen LogP contribution in [-0.2, 0) is 0 Å². The van der Waals surface area contributed by atoms with E-state index in [0.717, 1.165) is 0 Å². The van der Waals surface area contributed by atoms with Gasteiger partial charge < -0.3 is 25.2 Å². The van der Waals surface area contributed by atoms with Gasteiger partial charge in [-0.2, -0.15) is 0 Å². The number of benzene rings is 2. The van der Waals surface area contributed by atoms with Gasteiger partial charge in [-0.05, 0) is 35.4 Å². The Kier molecular flexibility index (Phi) is 3.70. The first-order chi connectivity index (χ1) is 9.51. The third-order valence-corrected chi connectivity index (χ3v) is 2.76. The van der Waals surface area contributed by atoms with Gasteiger partial charge in [-0.15, -0.1) is 0 Å². The van der Waals surface area contributed by atoms with Crippen LogP contribution in [0.5, 0.6) is 28.7 Å². The van der Waals surface area contributed by atoms with Crippen molar-refractivity contribution in [3.05, 3.63) is 41.5 Å². The van der Waals surface area contributed by atoms with Crippen LogP contribution in [0.3, 0.4) is 0 Å². The maximum Gasteiger partial charge on any atom is 0.200 e. The Balaban J connectivity index is 2.31. The number of phenolic OH excluding ortho intramolecular Hbond substituents is 4. The topological polar surface area (TPSA) is 90.2 Å². The Labute approximate surface area is 115 Å². The highest BCUT2D eigenvalue weighted by Gasteiger charge is 2.08. The summed E-state index contributed by atoms with van der Waals surface area (Å²) in [5.41, 5.74) is 1.29. The molecule has 2 aromatic carbocycles. The minimum absolute atomic E-state index is 0.165. The summed E-state index contributed by atoms with van der Waals surface area (Å²) < 4.78 is 4.94. The van der Waals surface area contributed by atoms with Crippen molar-refractivity contribution < 1.29 is 25.2 Å². The fourth-order valence-electron chi connectivity index (χ4n) is 1.70. The van der Waals surface area contributed by atoms with Crippen molar-refractivity contribution in [1.29, 1.82) is 0 Å². The van der Waals surface area contributed by atoms with Crippen LogP contribution in [0.25, 0.3) is 12.2 Å². The van der Waals surface area contributed by atoms with Gasteiger partial charge in [0, 0.05) is 0 Å². The van der Waals surface area contributed by atoms with E-state index in [1.165, 1.54) is 25.3 Å². The number of aromatic hydroxyl groups is 4. The molecule has 0 aliphatic carbocycles. The molecular weight excluding hydrogens is 260 g/mol. The maximum absolute atomic E-state index is 9.55. The molecule has 0 aromatic heterocycles. The van der Waals surface area contributed by atoms with Gasteiger partial charge in [-0.3, -0.25) is 0 Å². The summed E-state index contributed by atoms with van der Waals surface area (Å²) in [4.78, 5) is 0. The molecule has 0 saturated carbocycles. The molecule has 104 valence electrons. The molecule has 0 unspecified atom stereocenters. The first-order valence-electron chi connectivity index (χ1n) is 5.81. The lowest BCUT2D eigenvalue weighted by atomic mass is 10.1. The minimum Gasteiger partial charge on any atom is -0.504 e. The Morgan fingerprint density at radius 2 is 1.45 bits per heavy atom. The molecule has 5 nitrogen and oxygen atoms in total. The van der Waals surface area contributed by atoms with Crippen molar-refractivity contribution in [3.8, 4) is 28.7 Å². The Morgan fingerprint density at radius 1 is 0.800 bits per heavy atom. The number of ether oxygens (including phenoxy) is 1. The molecule has 5 heteroatoms. The normalized spacial score (nSPS) is 10.8. The lowest BCUT2D eigenvalue weighted by Crippen LogP contribution is -1.85. The first-order valence-corrected chi connectivity index (χ1v) is 5.81. The molecule has 0 aliphatic heterocycles. The Hall–Kier alpha value is -2.82. The molecule has 0 heterocycles. The summed E-state index contributed by atoms with van der Waals surface area (Å²) >= 11 is 0. The molecule has 0 aliphatic rings. The van der Waals surface area contributed by atoms with Gasteiger partial charge in [0.15, 0.2) is 23.0 Å². The SMILES string of the molecule is COc1cc(/C=C\c2ccc(O)c(O)c2)cc(O)c1O. The lowest BCUT2D eigenvalue weighted by Gasteiger charge is -2.06. The summed E-state index contributed by atoms with van der Waals surface area (Å²) in [5, 5.41) is 37.7. The average Bonchev–Trinajstić information content (AvgIpc) is 2.43. The molecule has 20 heavy (non-hydrogen) atoms. The number of methoxy groups -OCH3 is 1. The van der Waals surface area contributed by atoms with E-state index in [4.69, 9.17) is 4.74 Å². The third-order valence-electron chi connectivity index (χ3n) is 2.76. The van der Waals surface area contributed by atoms with Crippen LogP contribution in [-0.4, -0.2) is 27.5 Å². The van der Waals surface area contributed by atoms with Gasteiger partial charge in [0.2, 0.25) is 5.75 Å². The molecule has 4 N–H and O–H groups in total. The third kappa shape index (κ3) is 2.77. The van der Waals surface area contributed by atoms with Gasteiger partial charge in [-0.1, -0.05) is 18.2 Å². The fourth-order valence-corrected chi connectivity index (χ4v) is 1.70.